The topological polar surface area (TPSA) is 90.5 Å². The lowest BCUT2D eigenvalue weighted by molar-refractivity contribution is -0.128. The first-order valence-corrected chi connectivity index (χ1v) is 13.1. The van der Waals surface area contributed by atoms with E-state index in [1.54, 1.807) is 24.3 Å². The molecule has 1 fully saturated rings. The van der Waals surface area contributed by atoms with Crippen LogP contribution < -0.4 is 10.5 Å². The normalized spacial score (nSPS) is 18.1. The van der Waals surface area contributed by atoms with Crippen molar-refractivity contribution >= 4 is 11.8 Å². The number of carbonyl (C=O) groups excluding carboxylic acids is 2. The average Bonchev–Trinajstić information content (AvgIpc) is 3.33. The number of nitrogens with two attached hydrogens (primary N) is 1. The van der Waals surface area contributed by atoms with E-state index in [2.05, 4.69) is 0 Å². The third-order valence-electron chi connectivity index (χ3n) is 7.47. The molecule has 40 heavy (non-hydrogen) atoms. The van der Waals surface area contributed by atoms with Gasteiger partial charge in [-0.3, -0.25) is 9.59 Å². The molecule has 11 heteroatoms. The Hall–Kier alpha value is -4.15. The van der Waals surface area contributed by atoms with Crippen LogP contribution in [0.15, 0.2) is 60.7 Å². The lowest BCUT2D eigenvalue weighted by Gasteiger charge is -2.37. The molecule has 210 valence electrons. The van der Waals surface area contributed by atoms with Gasteiger partial charge in [-0.1, -0.05) is 0 Å². The number of rotatable bonds is 6. The molecule has 3 heterocycles. The summed E-state index contributed by atoms with van der Waals surface area (Å²) in [6, 6.07) is 12.7. The van der Waals surface area contributed by atoms with Gasteiger partial charge in [0.2, 0.25) is 5.91 Å². The van der Waals surface area contributed by atoms with Crippen LogP contribution in [0.5, 0.6) is 11.5 Å². The number of allylic oxidation sites excluding steroid dienone is 1. The second-order valence-electron chi connectivity index (χ2n) is 10.0. The Balaban J connectivity index is 1.34. The van der Waals surface area contributed by atoms with Gasteiger partial charge in [0, 0.05) is 43.3 Å². The Bertz CT molecular complexity index is 1410. The quantitative estimate of drug-likeness (QED) is 0.306. The van der Waals surface area contributed by atoms with Gasteiger partial charge in [0.25, 0.3) is 5.91 Å². The van der Waals surface area contributed by atoms with Crippen LogP contribution in [0.25, 0.3) is 11.3 Å². The van der Waals surface area contributed by atoms with Crippen molar-refractivity contribution in [1.82, 2.24) is 14.5 Å². The first-order valence-electron chi connectivity index (χ1n) is 13.1. The van der Waals surface area contributed by atoms with Gasteiger partial charge in [-0.2, -0.15) is 13.2 Å². The van der Waals surface area contributed by atoms with Crippen LogP contribution in [0.2, 0.25) is 0 Å². The summed E-state index contributed by atoms with van der Waals surface area (Å²) in [5.41, 5.74) is 7.32. The van der Waals surface area contributed by atoms with E-state index in [4.69, 9.17) is 15.5 Å². The summed E-state index contributed by atoms with van der Waals surface area (Å²) in [5.74, 6) is 0.385. The Morgan fingerprint density at radius 3 is 2.17 bits per heavy atom. The molecule has 0 spiro atoms. The molecule has 0 aliphatic carbocycles. The first kappa shape index (κ1) is 27.4. The highest BCUT2D eigenvalue weighted by Gasteiger charge is 2.36. The van der Waals surface area contributed by atoms with Gasteiger partial charge in [-0.15, -0.1) is 0 Å². The summed E-state index contributed by atoms with van der Waals surface area (Å²) in [6.45, 7) is 1.31. The van der Waals surface area contributed by atoms with Gasteiger partial charge in [0.1, 0.15) is 34.5 Å². The minimum Gasteiger partial charge on any atom is -0.457 e. The van der Waals surface area contributed by atoms with E-state index < -0.39 is 18.0 Å². The van der Waals surface area contributed by atoms with Crippen LogP contribution in [0.3, 0.4) is 0 Å². The van der Waals surface area contributed by atoms with E-state index >= 15 is 0 Å². The molecule has 2 amide bonds. The number of carbonyl (C=O) groups is 2. The molecule has 0 radical (unpaired) electrons. The van der Waals surface area contributed by atoms with E-state index in [-0.39, 0.29) is 23.7 Å². The minimum absolute atomic E-state index is 0.0321. The number of halogens is 4. The monoisotopic (exact) mass is 556 g/mol. The fourth-order valence-corrected chi connectivity index (χ4v) is 5.59. The van der Waals surface area contributed by atoms with Gasteiger partial charge >= 0.3 is 6.18 Å². The summed E-state index contributed by atoms with van der Waals surface area (Å²) < 4.78 is 58.2. The number of hydrogen-bond donors (Lipinski definition) is 1. The number of piperidine rings is 1. The molecular formula is C29H28F4N4O3. The Labute approximate surface area is 228 Å². The smallest absolute Gasteiger partial charge is 0.409 e. The Kier molecular flexibility index (Phi) is 7.64. The standard InChI is InChI=1S/C29H28F4N4O3/c30-20-5-9-22(10-6-20)40-21-7-3-19(4-8-21)25-26(27(34)39)37-15-1-2-23(28(37)35-25)18-12-16-36(17-13-18)24(38)11-14-29(31,32)33/h3-11,14,18,23H,1-2,12-13,15-17H2,(H2,34,39)/b14-11+. The third-order valence-corrected chi connectivity index (χ3v) is 7.47. The molecule has 2 aromatic carbocycles. The number of primary amides is 1. The van der Waals surface area contributed by atoms with Crippen molar-refractivity contribution in [3.63, 3.8) is 0 Å². The number of imidazole rings is 1. The number of hydrogen-bond acceptors (Lipinski definition) is 4. The van der Waals surface area contributed by atoms with Crippen LogP contribution in [-0.4, -0.2) is 45.5 Å². The Morgan fingerprint density at radius 2 is 1.57 bits per heavy atom. The third kappa shape index (κ3) is 6.03. The lowest BCUT2D eigenvalue weighted by atomic mass is 9.79. The van der Waals surface area contributed by atoms with Crippen LogP contribution in [0.1, 0.15) is 47.9 Å². The van der Waals surface area contributed by atoms with Gasteiger partial charge in [-0.25, -0.2) is 9.37 Å². The fourth-order valence-electron chi connectivity index (χ4n) is 5.59. The van der Waals surface area contributed by atoms with Crippen molar-refractivity contribution in [2.75, 3.05) is 13.1 Å². The van der Waals surface area contributed by atoms with Gasteiger partial charge in [0.05, 0.1) is 0 Å². The maximum atomic E-state index is 13.2. The van der Waals surface area contributed by atoms with Crippen molar-refractivity contribution in [1.29, 1.82) is 0 Å². The molecule has 1 aromatic heterocycles. The molecular weight excluding hydrogens is 528 g/mol. The molecule has 2 N–H and O–H groups in total. The molecule has 1 atom stereocenters. The number of aromatic nitrogens is 2. The van der Waals surface area contributed by atoms with E-state index in [1.807, 2.05) is 4.57 Å². The molecule has 1 unspecified atom stereocenters. The zero-order chi connectivity index (χ0) is 28.4. The van der Waals surface area contributed by atoms with Crippen LogP contribution in [-0.2, 0) is 11.3 Å². The maximum Gasteiger partial charge on any atom is 0.409 e. The number of benzene rings is 2. The highest BCUT2D eigenvalue weighted by molar-refractivity contribution is 5.97. The predicted octanol–water partition coefficient (Wildman–Crippen LogP) is 5.81. The lowest BCUT2D eigenvalue weighted by Crippen LogP contribution is -2.40. The van der Waals surface area contributed by atoms with E-state index in [1.165, 1.54) is 29.2 Å². The van der Waals surface area contributed by atoms with Crippen molar-refractivity contribution in [2.45, 2.75) is 44.3 Å². The largest absolute Gasteiger partial charge is 0.457 e. The fraction of sp³-hybridized carbons (Fsp3) is 0.345. The molecule has 0 saturated carbocycles. The predicted molar refractivity (Wildman–Crippen MR) is 139 cm³/mol. The zero-order valence-corrected chi connectivity index (χ0v) is 21.5. The highest BCUT2D eigenvalue weighted by atomic mass is 19.4. The number of alkyl halides is 3. The van der Waals surface area contributed by atoms with Crippen LogP contribution in [0, 0.1) is 11.7 Å². The molecule has 7 nitrogen and oxygen atoms in total. The summed E-state index contributed by atoms with van der Waals surface area (Å²) >= 11 is 0. The maximum absolute atomic E-state index is 13.2. The van der Waals surface area contributed by atoms with Crippen molar-refractivity contribution in [2.24, 2.45) is 11.7 Å². The first-order chi connectivity index (χ1) is 19.1. The summed E-state index contributed by atoms with van der Waals surface area (Å²) in [6.07, 6.45) is -1.06. The molecule has 0 bridgehead atoms. The van der Waals surface area contributed by atoms with E-state index in [0.29, 0.717) is 67.0 Å². The number of ether oxygens (including phenoxy) is 1. The molecule has 3 aromatic rings. The second kappa shape index (κ2) is 11.1. The highest BCUT2D eigenvalue weighted by Crippen LogP contribution is 2.41. The molecule has 2 aliphatic heterocycles. The summed E-state index contributed by atoms with van der Waals surface area (Å²) in [7, 11) is 0. The van der Waals surface area contributed by atoms with Crippen molar-refractivity contribution in [3.05, 3.63) is 78.0 Å². The number of amides is 2. The van der Waals surface area contributed by atoms with Crippen LogP contribution in [0.4, 0.5) is 17.6 Å². The van der Waals surface area contributed by atoms with Crippen LogP contribution >= 0.6 is 0 Å². The average molecular weight is 557 g/mol. The molecule has 2 aliphatic rings. The number of likely N-dealkylation sites (tertiary alicyclic amines) is 1. The number of fused-ring (bicyclic) bond motifs is 1. The second-order valence-corrected chi connectivity index (χ2v) is 10.0. The number of nitrogens with zero attached hydrogens (tertiary/aromatic N) is 3. The summed E-state index contributed by atoms with van der Waals surface area (Å²) in [4.78, 5) is 31.1. The molecule has 1 saturated heterocycles. The van der Waals surface area contributed by atoms with E-state index in [9.17, 15) is 27.2 Å². The van der Waals surface area contributed by atoms with Gasteiger partial charge < -0.3 is 19.9 Å². The zero-order valence-electron chi connectivity index (χ0n) is 21.5. The summed E-state index contributed by atoms with van der Waals surface area (Å²) in [5, 5.41) is 0. The van der Waals surface area contributed by atoms with Gasteiger partial charge in [0.15, 0.2) is 0 Å². The van der Waals surface area contributed by atoms with Gasteiger partial charge in [-0.05, 0) is 80.1 Å². The SMILES string of the molecule is NC(=O)c1c(-c2ccc(Oc3ccc(F)cc3)cc2)nc2n1CCCC2C1CCN(C(=O)/C=C/C(F)(F)F)CC1. The van der Waals surface area contributed by atoms with Crippen molar-refractivity contribution in [3.8, 4) is 22.8 Å². The molecule has 5 rings (SSSR count). The van der Waals surface area contributed by atoms with Crippen molar-refractivity contribution < 1.29 is 31.9 Å². The minimum atomic E-state index is -4.53. The Morgan fingerprint density at radius 1 is 0.950 bits per heavy atom. The van der Waals surface area contributed by atoms with E-state index in [0.717, 1.165) is 18.7 Å².